The van der Waals surface area contributed by atoms with Crippen molar-refractivity contribution in [3.8, 4) is 6.07 Å². The third-order valence-electron chi connectivity index (χ3n) is 3.63. The van der Waals surface area contributed by atoms with Gasteiger partial charge in [-0.25, -0.2) is 4.79 Å². The van der Waals surface area contributed by atoms with Gasteiger partial charge in [0, 0.05) is 12.5 Å². The van der Waals surface area contributed by atoms with Crippen LogP contribution in [0.4, 0.5) is 4.79 Å². The van der Waals surface area contributed by atoms with Gasteiger partial charge in [0.2, 0.25) is 0 Å². The van der Waals surface area contributed by atoms with Gasteiger partial charge >= 0.3 is 6.09 Å². The van der Waals surface area contributed by atoms with Crippen LogP contribution in [0, 0.1) is 29.1 Å². The minimum Gasteiger partial charge on any atom is -0.444 e. The van der Waals surface area contributed by atoms with Gasteiger partial charge in [-0.3, -0.25) is 0 Å². The van der Waals surface area contributed by atoms with Gasteiger partial charge in [-0.15, -0.1) is 0 Å². The Balaban J connectivity index is 2.47. The van der Waals surface area contributed by atoms with Gasteiger partial charge in [0.25, 0.3) is 0 Å². The van der Waals surface area contributed by atoms with Crippen LogP contribution in [0.3, 0.4) is 0 Å². The molecule has 1 amide bonds. The monoisotopic (exact) mass is 295 g/mol. The van der Waals surface area contributed by atoms with Crippen LogP contribution in [0.2, 0.25) is 0 Å². The van der Waals surface area contributed by atoms with Crippen LogP contribution in [-0.4, -0.2) is 30.8 Å². The lowest BCUT2D eigenvalue weighted by atomic mass is 9.89. The van der Waals surface area contributed by atoms with Crippen LogP contribution in [0.15, 0.2) is 0 Å². The Hall–Kier alpha value is -1.28. The molecule has 1 saturated carbocycles. The van der Waals surface area contributed by atoms with E-state index in [0.29, 0.717) is 12.5 Å². The lowest BCUT2D eigenvalue weighted by Crippen LogP contribution is -2.45. The lowest BCUT2D eigenvalue weighted by Gasteiger charge is -2.27. The van der Waals surface area contributed by atoms with Gasteiger partial charge in [0.15, 0.2) is 0 Å². The standard InChI is InChI=1S/C16H29N3O2/c1-11(2)13(10-19-15(20)21-16(3,4)5)14(8-17)18-9-12-6-7-12/h11-14,18H,6-7,9-10H2,1-5H3,(H,19,20). The Kier molecular flexibility index (Phi) is 6.47. The Bertz CT molecular complexity index is 378. The Morgan fingerprint density at radius 3 is 2.43 bits per heavy atom. The molecule has 21 heavy (non-hydrogen) atoms. The van der Waals surface area contributed by atoms with Crippen LogP contribution in [0.1, 0.15) is 47.5 Å². The highest BCUT2D eigenvalue weighted by molar-refractivity contribution is 5.67. The van der Waals surface area contributed by atoms with E-state index in [1.165, 1.54) is 12.8 Å². The van der Waals surface area contributed by atoms with E-state index < -0.39 is 11.7 Å². The molecule has 1 aliphatic carbocycles. The van der Waals surface area contributed by atoms with Gasteiger partial charge in [-0.05, 0) is 52.0 Å². The van der Waals surface area contributed by atoms with Crippen molar-refractivity contribution in [2.45, 2.75) is 59.1 Å². The zero-order valence-electron chi connectivity index (χ0n) is 13.9. The number of nitrogens with one attached hydrogen (secondary N) is 2. The van der Waals surface area contributed by atoms with Crippen molar-refractivity contribution in [2.75, 3.05) is 13.1 Å². The van der Waals surface area contributed by atoms with Gasteiger partial charge in [0.1, 0.15) is 11.6 Å². The molecule has 2 N–H and O–H groups in total. The molecule has 1 fully saturated rings. The molecule has 5 heteroatoms. The van der Waals surface area contributed by atoms with E-state index in [4.69, 9.17) is 4.74 Å². The zero-order valence-corrected chi connectivity index (χ0v) is 13.9. The summed E-state index contributed by atoms with van der Waals surface area (Å²) >= 11 is 0. The molecule has 0 spiro atoms. The summed E-state index contributed by atoms with van der Waals surface area (Å²) < 4.78 is 5.24. The minimum absolute atomic E-state index is 0.0706. The van der Waals surface area contributed by atoms with Crippen molar-refractivity contribution in [1.82, 2.24) is 10.6 Å². The van der Waals surface area contributed by atoms with Crippen molar-refractivity contribution in [3.63, 3.8) is 0 Å². The molecule has 1 rings (SSSR count). The van der Waals surface area contributed by atoms with E-state index in [0.717, 1.165) is 12.5 Å². The predicted octanol–water partition coefficient (Wildman–Crippen LogP) is 2.68. The fourth-order valence-corrected chi connectivity index (χ4v) is 2.16. The summed E-state index contributed by atoms with van der Waals surface area (Å²) in [4.78, 5) is 11.7. The first-order valence-corrected chi connectivity index (χ1v) is 7.82. The second kappa shape index (κ2) is 7.65. The summed E-state index contributed by atoms with van der Waals surface area (Å²) in [6, 6.07) is 2.10. The number of ether oxygens (including phenoxy) is 1. The molecular weight excluding hydrogens is 266 g/mol. The predicted molar refractivity (Wildman–Crippen MR) is 82.7 cm³/mol. The molecule has 0 saturated heterocycles. The summed E-state index contributed by atoms with van der Waals surface area (Å²) in [6.45, 7) is 11.0. The number of carbonyl (C=O) groups is 1. The first-order chi connectivity index (χ1) is 9.73. The Labute approximate surface area is 128 Å². The minimum atomic E-state index is -0.504. The number of nitrogens with zero attached hydrogens (tertiary/aromatic N) is 1. The smallest absolute Gasteiger partial charge is 0.407 e. The SMILES string of the molecule is CC(C)C(CNC(=O)OC(C)(C)C)C(C#N)NCC1CC1. The average Bonchev–Trinajstić information content (AvgIpc) is 3.14. The second-order valence-electron chi connectivity index (χ2n) is 7.25. The number of nitriles is 1. The number of alkyl carbamates (subject to hydrolysis) is 1. The summed E-state index contributed by atoms with van der Waals surface area (Å²) in [6.07, 6.45) is 2.09. The summed E-state index contributed by atoms with van der Waals surface area (Å²) in [5.74, 6) is 1.10. The van der Waals surface area contributed by atoms with E-state index in [1.807, 2.05) is 20.8 Å². The van der Waals surface area contributed by atoms with Crippen LogP contribution in [0.25, 0.3) is 0 Å². The summed E-state index contributed by atoms with van der Waals surface area (Å²) in [5.41, 5.74) is -0.504. The van der Waals surface area contributed by atoms with Crippen molar-refractivity contribution < 1.29 is 9.53 Å². The molecule has 1 aliphatic rings. The van der Waals surface area contributed by atoms with Gasteiger partial charge in [0.05, 0.1) is 6.07 Å². The second-order valence-corrected chi connectivity index (χ2v) is 7.25. The molecule has 120 valence electrons. The van der Waals surface area contributed by atoms with E-state index >= 15 is 0 Å². The van der Waals surface area contributed by atoms with Crippen molar-refractivity contribution in [3.05, 3.63) is 0 Å². The Morgan fingerprint density at radius 1 is 1.38 bits per heavy atom. The van der Waals surface area contributed by atoms with Crippen LogP contribution >= 0.6 is 0 Å². The van der Waals surface area contributed by atoms with Gasteiger partial charge < -0.3 is 15.4 Å². The summed E-state index contributed by atoms with van der Waals surface area (Å²) in [5, 5.41) is 15.5. The van der Waals surface area contributed by atoms with Gasteiger partial charge in [-0.1, -0.05) is 13.8 Å². The maximum absolute atomic E-state index is 11.7. The lowest BCUT2D eigenvalue weighted by molar-refractivity contribution is 0.0512. The largest absolute Gasteiger partial charge is 0.444 e. The maximum Gasteiger partial charge on any atom is 0.407 e. The number of carbonyl (C=O) groups excluding carboxylic acids is 1. The normalized spacial score (nSPS) is 18.0. The molecule has 5 nitrogen and oxygen atoms in total. The van der Waals surface area contributed by atoms with Crippen LogP contribution in [0.5, 0.6) is 0 Å². The van der Waals surface area contributed by atoms with Gasteiger partial charge in [-0.2, -0.15) is 5.26 Å². The van der Waals surface area contributed by atoms with E-state index in [2.05, 4.69) is 30.6 Å². The van der Waals surface area contributed by atoms with Crippen molar-refractivity contribution in [2.24, 2.45) is 17.8 Å². The number of amides is 1. The molecule has 0 aliphatic heterocycles. The number of rotatable bonds is 7. The molecule has 0 radical (unpaired) electrons. The number of hydrogen-bond donors (Lipinski definition) is 2. The zero-order chi connectivity index (χ0) is 16.0. The Morgan fingerprint density at radius 2 is 2.00 bits per heavy atom. The first kappa shape index (κ1) is 17.8. The molecule has 0 aromatic heterocycles. The summed E-state index contributed by atoms with van der Waals surface area (Å²) in [7, 11) is 0. The fourth-order valence-electron chi connectivity index (χ4n) is 2.16. The van der Waals surface area contributed by atoms with Crippen molar-refractivity contribution >= 4 is 6.09 Å². The first-order valence-electron chi connectivity index (χ1n) is 7.82. The van der Waals surface area contributed by atoms with E-state index in [1.54, 1.807) is 0 Å². The highest BCUT2D eigenvalue weighted by atomic mass is 16.6. The topological polar surface area (TPSA) is 74.1 Å². The molecule has 0 heterocycles. The van der Waals surface area contributed by atoms with Crippen molar-refractivity contribution in [1.29, 1.82) is 5.26 Å². The molecule has 0 aromatic rings. The van der Waals surface area contributed by atoms with E-state index in [-0.39, 0.29) is 12.0 Å². The molecule has 0 aromatic carbocycles. The molecule has 2 atom stereocenters. The quantitative estimate of drug-likeness (QED) is 0.757. The third-order valence-corrected chi connectivity index (χ3v) is 3.63. The van der Waals surface area contributed by atoms with E-state index in [9.17, 15) is 10.1 Å². The third kappa shape index (κ3) is 7.33. The highest BCUT2D eigenvalue weighted by Crippen LogP contribution is 2.28. The number of hydrogen-bond acceptors (Lipinski definition) is 4. The molecule has 0 bridgehead atoms. The highest BCUT2D eigenvalue weighted by Gasteiger charge is 2.28. The molecule has 2 unspecified atom stereocenters. The molecular formula is C16H29N3O2. The average molecular weight is 295 g/mol. The fraction of sp³-hybridized carbons (Fsp3) is 0.875. The van der Waals surface area contributed by atoms with Crippen LogP contribution < -0.4 is 10.6 Å². The maximum atomic E-state index is 11.7. The van der Waals surface area contributed by atoms with Crippen LogP contribution in [-0.2, 0) is 4.74 Å².